The van der Waals surface area contributed by atoms with E-state index >= 15 is 0 Å². The summed E-state index contributed by atoms with van der Waals surface area (Å²) in [6, 6.07) is 87.2. The Kier molecular flexibility index (Phi) is 9.91. The molecular formula is C69H46N6. The van der Waals surface area contributed by atoms with Crippen LogP contribution in [0.5, 0.6) is 0 Å². The van der Waals surface area contributed by atoms with Gasteiger partial charge in [0.25, 0.3) is 0 Å². The summed E-state index contributed by atoms with van der Waals surface area (Å²) in [4.78, 5) is 15.7. The molecule has 0 fully saturated rings. The Morgan fingerprint density at radius 3 is 1.21 bits per heavy atom. The molecule has 1 aliphatic rings. The third-order valence-corrected chi connectivity index (χ3v) is 15.1. The summed E-state index contributed by atoms with van der Waals surface area (Å²) in [5.74, 6) is 1.84. The third-order valence-electron chi connectivity index (χ3n) is 15.1. The van der Waals surface area contributed by atoms with E-state index in [1.807, 2.05) is 36.4 Å². The number of nitrogens with zero attached hydrogens (tertiary/aromatic N) is 6. The Balaban J connectivity index is 1.05. The van der Waals surface area contributed by atoms with Crippen molar-refractivity contribution in [2.75, 3.05) is 0 Å². The van der Waals surface area contributed by atoms with Crippen molar-refractivity contribution >= 4 is 60.6 Å². The lowest BCUT2D eigenvalue weighted by Crippen LogP contribution is -2.04. The van der Waals surface area contributed by atoms with Crippen molar-refractivity contribution in [2.24, 2.45) is 0 Å². The Bertz CT molecular complexity index is 4390. The van der Waals surface area contributed by atoms with Crippen molar-refractivity contribution < 1.29 is 0 Å². The van der Waals surface area contributed by atoms with Gasteiger partial charge in [-0.1, -0.05) is 188 Å². The topological polar surface area (TPSA) is 53.5 Å². The van der Waals surface area contributed by atoms with E-state index in [4.69, 9.17) is 15.0 Å². The van der Waals surface area contributed by atoms with E-state index in [-0.39, 0.29) is 0 Å². The zero-order valence-electron chi connectivity index (χ0n) is 40.8. The monoisotopic (exact) mass is 958 g/mol. The molecule has 0 spiro atoms. The molecule has 4 aromatic heterocycles. The molecule has 0 amide bonds. The van der Waals surface area contributed by atoms with Gasteiger partial charge >= 0.3 is 0 Å². The molecule has 0 unspecified atom stereocenters. The lowest BCUT2D eigenvalue weighted by molar-refractivity contribution is 0.889. The van der Waals surface area contributed by atoms with Crippen molar-refractivity contribution in [2.45, 2.75) is 12.8 Å². The molecule has 1 aliphatic carbocycles. The quantitative estimate of drug-likeness (QED) is 0.152. The lowest BCUT2D eigenvalue weighted by Gasteiger charge is -2.21. The van der Waals surface area contributed by atoms with Crippen molar-refractivity contribution in [1.82, 2.24) is 28.7 Å². The third kappa shape index (κ3) is 6.98. The molecule has 0 bridgehead atoms. The van der Waals surface area contributed by atoms with Crippen LogP contribution in [0.2, 0.25) is 0 Å². The molecule has 0 atom stereocenters. The van der Waals surface area contributed by atoms with Crippen LogP contribution in [0.25, 0.3) is 134 Å². The van der Waals surface area contributed by atoms with Crippen LogP contribution < -0.4 is 0 Å². The first-order valence-electron chi connectivity index (χ1n) is 25.7. The molecular weight excluding hydrogens is 913 g/mol. The van der Waals surface area contributed by atoms with Crippen molar-refractivity contribution in [3.05, 3.63) is 260 Å². The van der Waals surface area contributed by atoms with Crippen molar-refractivity contribution in [3.8, 4) is 73.5 Å². The second-order valence-corrected chi connectivity index (χ2v) is 19.5. The summed E-state index contributed by atoms with van der Waals surface area (Å²) in [7, 11) is 0. The lowest BCUT2D eigenvalue weighted by atomic mass is 9.92. The number of allylic oxidation sites excluding steroid dienone is 1. The molecule has 0 aliphatic heterocycles. The average Bonchev–Trinajstić information content (AvgIpc) is 4.19. The van der Waals surface area contributed by atoms with Gasteiger partial charge in [-0.2, -0.15) is 0 Å². The first-order chi connectivity index (χ1) is 37.2. The molecule has 4 heterocycles. The molecule has 14 aromatic rings. The van der Waals surface area contributed by atoms with Crippen LogP contribution >= 0.6 is 0 Å². The predicted octanol–water partition coefficient (Wildman–Crippen LogP) is 17.3. The van der Waals surface area contributed by atoms with Gasteiger partial charge < -0.3 is 13.7 Å². The maximum atomic E-state index is 5.29. The first-order valence-corrected chi connectivity index (χ1v) is 25.7. The molecule has 0 saturated heterocycles. The van der Waals surface area contributed by atoms with E-state index in [1.54, 1.807) is 0 Å². The molecule has 0 radical (unpaired) electrons. The second-order valence-electron chi connectivity index (χ2n) is 19.5. The molecule has 75 heavy (non-hydrogen) atoms. The van der Waals surface area contributed by atoms with Gasteiger partial charge in [0.1, 0.15) is 0 Å². The van der Waals surface area contributed by atoms with E-state index in [1.165, 1.54) is 49.4 Å². The molecule has 0 N–H and O–H groups in total. The highest BCUT2D eigenvalue weighted by Gasteiger charge is 2.26. The van der Waals surface area contributed by atoms with E-state index in [0.717, 1.165) is 85.3 Å². The highest BCUT2D eigenvalue weighted by molar-refractivity contribution is 6.14. The van der Waals surface area contributed by atoms with Crippen LogP contribution in [-0.4, -0.2) is 28.7 Å². The maximum Gasteiger partial charge on any atom is 0.164 e. The van der Waals surface area contributed by atoms with Gasteiger partial charge in [-0.25, -0.2) is 15.0 Å². The number of hydrogen-bond acceptors (Lipinski definition) is 3. The van der Waals surface area contributed by atoms with Gasteiger partial charge in [0.2, 0.25) is 0 Å². The minimum atomic E-state index is 0.600. The number of fused-ring (bicyclic) bond motifs is 9. The van der Waals surface area contributed by atoms with Gasteiger partial charge in [0.05, 0.1) is 33.3 Å². The van der Waals surface area contributed by atoms with Crippen molar-refractivity contribution in [1.29, 1.82) is 0 Å². The Morgan fingerprint density at radius 1 is 0.307 bits per heavy atom. The van der Waals surface area contributed by atoms with Crippen molar-refractivity contribution in [3.63, 3.8) is 0 Å². The minimum Gasteiger partial charge on any atom is -0.313 e. The molecule has 352 valence electrons. The largest absolute Gasteiger partial charge is 0.313 e. The molecule has 6 heteroatoms. The SMILES string of the molecule is C1=Cc2c(n(-c3ccc4c(c3)c3cc(-n5c6ccccc6c6ccccc65)ccc3n4-c3c(-c4ccccc4)cc(-c4nc(-c5ccccc5)nc(-c5ccccc5)n4)cc3-c3ccccc3)c3ccccc23)CC1. The zero-order chi connectivity index (χ0) is 49.4. The zero-order valence-corrected chi connectivity index (χ0v) is 40.8. The first kappa shape index (κ1) is 42.7. The second kappa shape index (κ2) is 17.4. The van der Waals surface area contributed by atoms with Gasteiger partial charge in [0.15, 0.2) is 17.5 Å². The van der Waals surface area contributed by atoms with E-state index in [2.05, 4.69) is 232 Å². The maximum absolute atomic E-state index is 5.29. The Morgan fingerprint density at radius 2 is 0.707 bits per heavy atom. The Hall–Kier alpha value is -9.91. The summed E-state index contributed by atoms with van der Waals surface area (Å²) in [5, 5.41) is 6.09. The van der Waals surface area contributed by atoms with Gasteiger partial charge in [-0.3, -0.25) is 0 Å². The summed E-state index contributed by atoms with van der Waals surface area (Å²) in [6.07, 6.45) is 6.63. The summed E-state index contributed by atoms with van der Waals surface area (Å²) < 4.78 is 7.46. The van der Waals surface area contributed by atoms with Gasteiger partial charge in [0, 0.05) is 77.4 Å². The Labute approximate surface area is 433 Å². The van der Waals surface area contributed by atoms with Crippen LogP contribution in [-0.2, 0) is 6.42 Å². The molecule has 0 saturated carbocycles. The minimum absolute atomic E-state index is 0.600. The number of para-hydroxylation sites is 3. The van der Waals surface area contributed by atoms with E-state index < -0.39 is 0 Å². The number of rotatable bonds is 8. The van der Waals surface area contributed by atoms with E-state index in [9.17, 15) is 0 Å². The summed E-state index contributed by atoms with van der Waals surface area (Å²) in [6.45, 7) is 0. The highest BCUT2D eigenvalue weighted by Crippen LogP contribution is 2.46. The fourth-order valence-electron chi connectivity index (χ4n) is 11.8. The fraction of sp³-hybridized carbons (Fsp3) is 0.0290. The fourth-order valence-corrected chi connectivity index (χ4v) is 11.8. The highest BCUT2D eigenvalue weighted by atomic mass is 15.0. The summed E-state index contributed by atoms with van der Waals surface area (Å²) >= 11 is 0. The van der Waals surface area contributed by atoms with Gasteiger partial charge in [-0.05, 0) is 90.7 Å². The predicted molar refractivity (Wildman–Crippen MR) is 310 cm³/mol. The number of benzene rings is 10. The molecule has 10 aromatic carbocycles. The standard InChI is InChI=1S/C69H46N6/c1-5-21-45(22-6-1)56-41-49(69-71-67(47-25-9-3-10-26-47)70-68(72-69)48-27-11-4-12-28-48)42-57(46-23-7-2-8-24-46)66(56)75-64-39-37-50(73-60-33-17-13-29-52(60)53-30-14-18-34-61(53)73)43-58(64)59-44-51(38-40-65(59)75)74-62-35-19-15-31-54(62)55-32-16-20-36-63(55)74/h1-19,21-35,37-44H,20,36H2. The molecule has 6 nitrogen and oxygen atoms in total. The number of hydrogen-bond donors (Lipinski definition) is 0. The van der Waals surface area contributed by atoms with Crippen LogP contribution in [0.4, 0.5) is 0 Å². The summed E-state index contributed by atoms with van der Waals surface area (Å²) in [5.41, 5.74) is 18.8. The number of aromatic nitrogens is 6. The van der Waals surface area contributed by atoms with Crippen LogP contribution in [0.15, 0.2) is 249 Å². The normalized spacial score (nSPS) is 12.4. The van der Waals surface area contributed by atoms with Gasteiger partial charge in [-0.15, -0.1) is 0 Å². The smallest absolute Gasteiger partial charge is 0.164 e. The van der Waals surface area contributed by atoms with Crippen LogP contribution in [0, 0.1) is 0 Å². The van der Waals surface area contributed by atoms with Crippen LogP contribution in [0.1, 0.15) is 17.7 Å². The van der Waals surface area contributed by atoms with Crippen LogP contribution in [0.3, 0.4) is 0 Å². The van der Waals surface area contributed by atoms with E-state index in [0.29, 0.717) is 17.5 Å². The average molecular weight is 959 g/mol. The molecule has 15 rings (SSSR count).